The van der Waals surface area contributed by atoms with E-state index in [1.807, 2.05) is 6.92 Å². The first-order valence-corrected chi connectivity index (χ1v) is 8.05. The number of amides is 1. The van der Waals surface area contributed by atoms with E-state index in [0.717, 1.165) is 16.6 Å². The molecule has 0 unspecified atom stereocenters. The van der Waals surface area contributed by atoms with Gasteiger partial charge in [0.25, 0.3) is 5.91 Å². The summed E-state index contributed by atoms with van der Waals surface area (Å²) in [6.45, 7) is 1.86. The van der Waals surface area contributed by atoms with E-state index in [0.29, 0.717) is 37.3 Å². The number of aromatic nitrogens is 2. The van der Waals surface area contributed by atoms with Gasteiger partial charge in [-0.1, -0.05) is 23.2 Å². The number of hydrogen-bond acceptors (Lipinski definition) is 6. The summed E-state index contributed by atoms with van der Waals surface area (Å²) in [7, 11) is 0. The fourth-order valence-electron chi connectivity index (χ4n) is 1.78. The number of carbonyl (C=O) groups excluding carboxylic acids is 1. The summed E-state index contributed by atoms with van der Waals surface area (Å²) in [5.41, 5.74) is 7.75. The second-order valence-electron chi connectivity index (χ2n) is 4.25. The molecule has 2 heterocycles. The smallest absolute Gasteiger partial charge is 0.265 e. The minimum atomic E-state index is -0.293. The number of nitrogen functional groups attached to an aromatic ring is 1. The zero-order valence-electron chi connectivity index (χ0n) is 10.6. The van der Waals surface area contributed by atoms with Crippen LogP contribution in [0.2, 0.25) is 10.0 Å². The minimum Gasteiger partial charge on any atom is -0.398 e. The highest BCUT2D eigenvalue weighted by Gasteiger charge is 2.18. The lowest BCUT2D eigenvalue weighted by Crippen LogP contribution is -2.11. The van der Waals surface area contributed by atoms with Gasteiger partial charge in [0.2, 0.25) is 0 Å². The highest BCUT2D eigenvalue weighted by molar-refractivity contribution is 7.14. The molecule has 0 saturated heterocycles. The summed E-state index contributed by atoms with van der Waals surface area (Å²) in [4.78, 5) is 13.7. The SMILES string of the molecule is Cc1sc(C(=O)Nc2c(Cl)cc(Cl)c3nsnc23)cc1N. The second kappa shape index (κ2) is 5.42. The maximum Gasteiger partial charge on any atom is 0.265 e. The third-order valence-electron chi connectivity index (χ3n) is 2.86. The van der Waals surface area contributed by atoms with Gasteiger partial charge >= 0.3 is 0 Å². The molecule has 1 aromatic carbocycles. The van der Waals surface area contributed by atoms with Gasteiger partial charge in [0.05, 0.1) is 32.3 Å². The summed E-state index contributed by atoms with van der Waals surface area (Å²) in [6, 6.07) is 3.17. The number of anilines is 2. The van der Waals surface area contributed by atoms with Crippen LogP contribution in [0.1, 0.15) is 14.5 Å². The predicted molar refractivity (Wildman–Crippen MR) is 88.9 cm³/mol. The van der Waals surface area contributed by atoms with E-state index >= 15 is 0 Å². The van der Waals surface area contributed by atoms with E-state index in [-0.39, 0.29) is 5.91 Å². The van der Waals surface area contributed by atoms with Gasteiger partial charge in [-0.05, 0) is 19.1 Å². The molecule has 9 heteroatoms. The van der Waals surface area contributed by atoms with E-state index in [9.17, 15) is 4.79 Å². The van der Waals surface area contributed by atoms with Crippen LogP contribution in [0, 0.1) is 6.92 Å². The lowest BCUT2D eigenvalue weighted by atomic mass is 10.2. The molecular formula is C12H8Cl2N4OS2. The lowest BCUT2D eigenvalue weighted by Gasteiger charge is -2.07. The van der Waals surface area contributed by atoms with E-state index < -0.39 is 0 Å². The lowest BCUT2D eigenvalue weighted by molar-refractivity contribution is 0.103. The molecular weight excluding hydrogens is 351 g/mol. The van der Waals surface area contributed by atoms with Crippen LogP contribution in [0.3, 0.4) is 0 Å². The highest BCUT2D eigenvalue weighted by Crippen LogP contribution is 2.36. The zero-order valence-corrected chi connectivity index (χ0v) is 13.8. The molecule has 1 amide bonds. The third-order valence-corrected chi connectivity index (χ3v) is 5.04. The van der Waals surface area contributed by atoms with Gasteiger partial charge in [0.15, 0.2) is 0 Å². The van der Waals surface area contributed by atoms with Crippen LogP contribution < -0.4 is 11.1 Å². The van der Waals surface area contributed by atoms with Gasteiger partial charge < -0.3 is 11.1 Å². The standard InChI is InChI=1S/C12H8Cl2N4OS2/c1-4-7(15)3-8(20-4)12(19)16-9-5(13)2-6(14)10-11(9)18-21-17-10/h2-3H,15H2,1H3,(H,16,19). The monoisotopic (exact) mass is 358 g/mol. The van der Waals surface area contributed by atoms with Crippen LogP contribution in [0.4, 0.5) is 11.4 Å². The largest absolute Gasteiger partial charge is 0.398 e. The van der Waals surface area contributed by atoms with Crippen molar-refractivity contribution in [3.63, 3.8) is 0 Å². The van der Waals surface area contributed by atoms with Gasteiger partial charge in [-0.25, -0.2) is 0 Å². The first-order chi connectivity index (χ1) is 9.97. The van der Waals surface area contributed by atoms with Crippen molar-refractivity contribution < 1.29 is 4.79 Å². The average molecular weight is 359 g/mol. The Kier molecular flexibility index (Phi) is 3.75. The molecule has 0 bridgehead atoms. The summed E-state index contributed by atoms with van der Waals surface area (Å²) >= 11 is 14.5. The number of fused-ring (bicyclic) bond motifs is 1. The Labute approximate surface area is 138 Å². The highest BCUT2D eigenvalue weighted by atomic mass is 35.5. The van der Waals surface area contributed by atoms with Gasteiger partial charge in [0, 0.05) is 10.6 Å². The van der Waals surface area contributed by atoms with Crippen LogP contribution in [0.15, 0.2) is 12.1 Å². The molecule has 0 fully saturated rings. The molecule has 108 valence electrons. The molecule has 0 aliphatic heterocycles. The first kappa shape index (κ1) is 14.5. The molecule has 0 aliphatic rings. The fraction of sp³-hybridized carbons (Fsp3) is 0.0833. The number of halogens is 2. The van der Waals surface area contributed by atoms with E-state index in [1.165, 1.54) is 17.4 Å². The zero-order chi connectivity index (χ0) is 15.1. The quantitative estimate of drug-likeness (QED) is 0.718. The Morgan fingerprint density at radius 2 is 1.95 bits per heavy atom. The number of benzene rings is 1. The van der Waals surface area contributed by atoms with Gasteiger partial charge in [0.1, 0.15) is 11.0 Å². The molecule has 0 spiro atoms. The Balaban J connectivity index is 2.02. The third kappa shape index (κ3) is 2.57. The van der Waals surface area contributed by atoms with E-state index in [2.05, 4.69) is 14.1 Å². The Hall–Kier alpha value is -1.41. The number of thiophene rings is 1. The number of carbonyl (C=O) groups is 1. The molecule has 0 aliphatic carbocycles. The first-order valence-electron chi connectivity index (χ1n) is 5.75. The number of nitrogens with two attached hydrogens (primary N) is 1. The molecule has 3 N–H and O–H groups in total. The number of nitrogens with one attached hydrogen (secondary N) is 1. The maximum atomic E-state index is 12.3. The molecule has 3 aromatic rings. The van der Waals surface area contributed by atoms with E-state index in [1.54, 1.807) is 6.07 Å². The van der Waals surface area contributed by atoms with Crippen LogP contribution >= 0.6 is 46.3 Å². The normalized spacial score (nSPS) is 11.0. The number of aryl methyl sites for hydroxylation is 1. The Morgan fingerprint density at radius 1 is 1.24 bits per heavy atom. The van der Waals surface area contributed by atoms with Crippen molar-refractivity contribution in [3.8, 4) is 0 Å². The molecule has 0 radical (unpaired) electrons. The number of nitrogens with zero attached hydrogens (tertiary/aromatic N) is 2. The van der Waals surface area contributed by atoms with Crippen molar-refractivity contribution >= 4 is 74.6 Å². The van der Waals surface area contributed by atoms with Crippen LogP contribution in [0.5, 0.6) is 0 Å². The molecule has 3 rings (SSSR count). The minimum absolute atomic E-state index is 0.293. The Bertz CT molecular complexity index is 839. The average Bonchev–Trinajstić information content (AvgIpc) is 3.02. The van der Waals surface area contributed by atoms with Crippen molar-refractivity contribution in [1.82, 2.24) is 8.75 Å². The maximum absolute atomic E-state index is 12.3. The molecule has 5 nitrogen and oxygen atoms in total. The number of hydrogen-bond donors (Lipinski definition) is 2. The van der Waals surface area contributed by atoms with Crippen molar-refractivity contribution in [2.24, 2.45) is 0 Å². The Morgan fingerprint density at radius 3 is 2.62 bits per heavy atom. The summed E-state index contributed by atoms with van der Waals surface area (Å²) in [5, 5.41) is 3.47. The fourth-order valence-corrected chi connectivity index (χ4v) is 3.77. The van der Waals surface area contributed by atoms with Crippen LogP contribution in [0.25, 0.3) is 11.0 Å². The van der Waals surface area contributed by atoms with Crippen molar-refractivity contribution in [3.05, 3.63) is 31.9 Å². The molecule has 21 heavy (non-hydrogen) atoms. The van der Waals surface area contributed by atoms with Crippen LogP contribution in [-0.4, -0.2) is 14.7 Å². The van der Waals surface area contributed by atoms with Crippen molar-refractivity contribution in [2.75, 3.05) is 11.1 Å². The van der Waals surface area contributed by atoms with E-state index in [4.69, 9.17) is 28.9 Å². The van der Waals surface area contributed by atoms with Crippen LogP contribution in [-0.2, 0) is 0 Å². The summed E-state index contributed by atoms with van der Waals surface area (Å²) in [6.07, 6.45) is 0. The second-order valence-corrected chi connectivity index (χ2v) is 6.85. The molecule has 0 atom stereocenters. The van der Waals surface area contributed by atoms with Crippen molar-refractivity contribution in [2.45, 2.75) is 6.92 Å². The van der Waals surface area contributed by atoms with Gasteiger partial charge in [-0.15, -0.1) is 11.3 Å². The molecule has 0 saturated carbocycles. The number of rotatable bonds is 2. The summed E-state index contributed by atoms with van der Waals surface area (Å²) < 4.78 is 8.23. The van der Waals surface area contributed by atoms with Gasteiger partial charge in [-0.3, -0.25) is 4.79 Å². The summed E-state index contributed by atoms with van der Waals surface area (Å²) in [5.74, 6) is -0.293. The molecule has 2 aromatic heterocycles. The van der Waals surface area contributed by atoms with Crippen molar-refractivity contribution in [1.29, 1.82) is 0 Å². The predicted octanol–water partition coefficient (Wildman–Crippen LogP) is 4.20. The topological polar surface area (TPSA) is 80.9 Å². The van der Waals surface area contributed by atoms with Gasteiger partial charge in [-0.2, -0.15) is 8.75 Å².